The molecule has 0 fully saturated rings. The number of hydrogen-bond donors (Lipinski definition) is 0. The van der Waals surface area contributed by atoms with Crippen LogP contribution in [0.2, 0.25) is 0 Å². The molecule has 1 aliphatic heterocycles. The number of esters is 1. The number of rotatable bonds is 5. The van der Waals surface area contributed by atoms with Gasteiger partial charge in [0.05, 0.1) is 32.5 Å². The van der Waals surface area contributed by atoms with Crippen molar-refractivity contribution in [1.29, 1.82) is 0 Å². The molecule has 30 heavy (non-hydrogen) atoms. The second-order valence-corrected chi connectivity index (χ2v) is 7.32. The topological polar surface area (TPSA) is 54.0 Å². The van der Waals surface area contributed by atoms with Gasteiger partial charge in [0.15, 0.2) is 5.60 Å². The second-order valence-electron chi connectivity index (χ2n) is 7.32. The highest BCUT2D eigenvalue weighted by molar-refractivity contribution is 5.97. The molecule has 154 valence electrons. The Morgan fingerprint density at radius 3 is 1.73 bits per heavy atom. The first-order valence-corrected chi connectivity index (χ1v) is 9.67. The van der Waals surface area contributed by atoms with Crippen molar-refractivity contribution in [3.8, 4) is 17.2 Å². The van der Waals surface area contributed by atoms with E-state index in [-0.39, 0.29) is 5.97 Å². The largest absolute Gasteiger partial charge is 0.496 e. The Hall–Kier alpha value is -3.47. The summed E-state index contributed by atoms with van der Waals surface area (Å²) in [5.41, 5.74) is 3.58. The number of aryl methyl sites for hydroxylation is 2. The lowest BCUT2D eigenvalue weighted by molar-refractivity contribution is 0.0247. The van der Waals surface area contributed by atoms with Crippen molar-refractivity contribution in [2.75, 3.05) is 21.3 Å². The highest BCUT2D eigenvalue weighted by Crippen LogP contribution is 2.51. The first-order chi connectivity index (χ1) is 14.5. The van der Waals surface area contributed by atoms with Crippen molar-refractivity contribution < 1.29 is 23.7 Å². The maximum absolute atomic E-state index is 13.0. The molecular formula is C25H24O5. The SMILES string of the molecule is COc1ccc(C2(c3ccc(OC)c(C)c3)OC(=O)c3cccc(OC)c32)cc1C. The van der Waals surface area contributed by atoms with Gasteiger partial charge in [-0.2, -0.15) is 0 Å². The number of carbonyl (C=O) groups is 1. The number of fused-ring (bicyclic) bond motifs is 1. The number of hydrogen-bond acceptors (Lipinski definition) is 5. The van der Waals surface area contributed by atoms with E-state index < -0.39 is 5.60 Å². The van der Waals surface area contributed by atoms with Crippen LogP contribution in [0.25, 0.3) is 0 Å². The van der Waals surface area contributed by atoms with Crippen molar-refractivity contribution in [3.63, 3.8) is 0 Å². The Kier molecular flexibility index (Phi) is 4.90. The zero-order valence-corrected chi connectivity index (χ0v) is 17.7. The number of benzene rings is 3. The Labute approximate surface area is 176 Å². The number of carbonyl (C=O) groups excluding carboxylic acids is 1. The van der Waals surface area contributed by atoms with Gasteiger partial charge in [-0.05, 0) is 61.4 Å². The van der Waals surface area contributed by atoms with Crippen molar-refractivity contribution >= 4 is 5.97 Å². The molecule has 0 saturated heterocycles. The molecule has 0 atom stereocenters. The van der Waals surface area contributed by atoms with Gasteiger partial charge < -0.3 is 18.9 Å². The van der Waals surface area contributed by atoms with Gasteiger partial charge in [0.2, 0.25) is 0 Å². The zero-order valence-electron chi connectivity index (χ0n) is 17.7. The third-order valence-corrected chi connectivity index (χ3v) is 5.67. The summed E-state index contributed by atoms with van der Waals surface area (Å²) < 4.78 is 22.7. The summed E-state index contributed by atoms with van der Waals surface area (Å²) >= 11 is 0. The predicted octanol–water partition coefficient (Wildman–Crippen LogP) is 4.79. The predicted molar refractivity (Wildman–Crippen MR) is 114 cm³/mol. The summed E-state index contributed by atoms with van der Waals surface area (Å²) in [6.45, 7) is 3.93. The quantitative estimate of drug-likeness (QED) is 0.572. The average Bonchev–Trinajstić information content (AvgIpc) is 3.07. The summed E-state index contributed by atoms with van der Waals surface area (Å²) in [6.07, 6.45) is 0. The molecule has 0 unspecified atom stereocenters. The van der Waals surface area contributed by atoms with Gasteiger partial charge in [-0.15, -0.1) is 0 Å². The molecular weight excluding hydrogens is 380 g/mol. The van der Waals surface area contributed by atoms with E-state index in [0.29, 0.717) is 16.9 Å². The van der Waals surface area contributed by atoms with Crippen LogP contribution in [0.5, 0.6) is 17.2 Å². The highest BCUT2D eigenvalue weighted by Gasteiger charge is 2.51. The molecule has 0 bridgehead atoms. The van der Waals surface area contributed by atoms with Crippen LogP contribution in [0, 0.1) is 13.8 Å². The minimum absolute atomic E-state index is 0.383. The molecule has 1 aliphatic rings. The minimum Gasteiger partial charge on any atom is -0.496 e. The molecule has 1 heterocycles. The van der Waals surface area contributed by atoms with Gasteiger partial charge in [-0.25, -0.2) is 4.79 Å². The average molecular weight is 404 g/mol. The lowest BCUT2D eigenvalue weighted by Crippen LogP contribution is -2.30. The Balaban J connectivity index is 2.08. The molecule has 0 amide bonds. The van der Waals surface area contributed by atoms with Crippen molar-refractivity contribution in [2.24, 2.45) is 0 Å². The Morgan fingerprint density at radius 2 is 1.27 bits per heavy atom. The summed E-state index contributed by atoms with van der Waals surface area (Å²) in [5.74, 6) is 1.75. The van der Waals surface area contributed by atoms with Crippen LogP contribution >= 0.6 is 0 Å². The lowest BCUT2D eigenvalue weighted by atomic mass is 9.78. The maximum atomic E-state index is 13.0. The van der Waals surface area contributed by atoms with Gasteiger partial charge in [-0.1, -0.05) is 18.2 Å². The van der Waals surface area contributed by atoms with E-state index in [0.717, 1.165) is 33.8 Å². The summed E-state index contributed by atoms with van der Waals surface area (Å²) in [4.78, 5) is 13.0. The highest BCUT2D eigenvalue weighted by atomic mass is 16.6. The normalized spacial score (nSPS) is 14.1. The smallest absolute Gasteiger partial charge is 0.340 e. The lowest BCUT2D eigenvalue weighted by Gasteiger charge is -2.32. The Morgan fingerprint density at radius 1 is 0.733 bits per heavy atom. The molecule has 4 rings (SSSR count). The standard InChI is InChI=1S/C25H24O5/c1-15-13-17(9-11-20(15)27-3)25(18-10-12-21(28-4)16(2)14-18)23-19(24(26)30-25)7-6-8-22(23)29-5/h6-14H,1-5H3. The number of methoxy groups -OCH3 is 3. The summed E-state index contributed by atoms with van der Waals surface area (Å²) in [5, 5.41) is 0. The van der Waals surface area contributed by atoms with E-state index in [1.54, 1.807) is 33.5 Å². The molecule has 5 heteroatoms. The molecule has 3 aromatic rings. The van der Waals surface area contributed by atoms with Crippen LogP contribution in [0.15, 0.2) is 54.6 Å². The molecule has 3 aromatic carbocycles. The minimum atomic E-state index is -1.15. The van der Waals surface area contributed by atoms with Crippen LogP contribution in [0.1, 0.15) is 38.2 Å². The third kappa shape index (κ3) is 2.81. The fourth-order valence-electron chi connectivity index (χ4n) is 4.25. The van der Waals surface area contributed by atoms with E-state index in [1.165, 1.54) is 0 Å². The first-order valence-electron chi connectivity index (χ1n) is 9.67. The van der Waals surface area contributed by atoms with Gasteiger partial charge in [0.25, 0.3) is 0 Å². The van der Waals surface area contributed by atoms with Gasteiger partial charge in [0, 0.05) is 11.1 Å². The zero-order chi connectivity index (χ0) is 21.5. The molecule has 0 spiro atoms. The van der Waals surface area contributed by atoms with Crippen LogP contribution in [0.3, 0.4) is 0 Å². The molecule has 0 N–H and O–H groups in total. The molecule has 0 aliphatic carbocycles. The number of cyclic esters (lactones) is 1. The molecule has 5 nitrogen and oxygen atoms in total. The van der Waals surface area contributed by atoms with Crippen molar-refractivity contribution in [3.05, 3.63) is 88.0 Å². The van der Waals surface area contributed by atoms with Crippen molar-refractivity contribution in [1.82, 2.24) is 0 Å². The molecule has 0 radical (unpaired) electrons. The molecule has 0 saturated carbocycles. The van der Waals surface area contributed by atoms with Crippen LogP contribution in [0.4, 0.5) is 0 Å². The molecule has 0 aromatic heterocycles. The van der Waals surface area contributed by atoms with Gasteiger partial charge in [0.1, 0.15) is 17.2 Å². The third-order valence-electron chi connectivity index (χ3n) is 5.67. The van der Waals surface area contributed by atoms with Gasteiger partial charge in [-0.3, -0.25) is 0 Å². The van der Waals surface area contributed by atoms with E-state index in [1.807, 2.05) is 56.3 Å². The Bertz CT molecular complexity index is 1080. The fraction of sp³-hybridized carbons (Fsp3) is 0.240. The van der Waals surface area contributed by atoms with Gasteiger partial charge >= 0.3 is 5.97 Å². The van der Waals surface area contributed by atoms with Crippen molar-refractivity contribution in [2.45, 2.75) is 19.4 Å². The van der Waals surface area contributed by atoms with E-state index in [2.05, 4.69) is 0 Å². The van der Waals surface area contributed by atoms with E-state index in [9.17, 15) is 4.79 Å². The second kappa shape index (κ2) is 7.41. The van der Waals surface area contributed by atoms with Crippen LogP contribution < -0.4 is 14.2 Å². The monoisotopic (exact) mass is 404 g/mol. The van der Waals surface area contributed by atoms with Crippen LogP contribution in [-0.4, -0.2) is 27.3 Å². The number of ether oxygens (including phenoxy) is 4. The van der Waals surface area contributed by atoms with E-state index in [4.69, 9.17) is 18.9 Å². The van der Waals surface area contributed by atoms with Crippen LogP contribution in [-0.2, 0) is 10.3 Å². The van der Waals surface area contributed by atoms with E-state index >= 15 is 0 Å². The summed E-state index contributed by atoms with van der Waals surface area (Å²) in [7, 11) is 4.87. The fourth-order valence-corrected chi connectivity index (χ4v) is 4.25. The maximum Gasteiger partial charge on any atom is 0.340 e. The first kappa shape index (κ1) is 19.8. The summed E-state index contributed by atoms with van der Waals surface area (Å²) in [6, 6.07) is 17.1.